The lowest BCUT2D eigenvalue weighted by Crippen LogP contribution is -2.14. The smallest absolute Gasteiger partial charge is 0.256 e. The zero-order chi connectivity index (χ0) is 15.6. The monoisotopic (exact) mass is 349 g/mol. The fourth-order valence-electron chi connectivity index (χ4n) is 1.92. The molecule has 2 aromatic rings. The van der Waals surface area contributed by atoms with E-state index in [9.17, 15) is 9.18 Å². The van der Waals surface area contributed by atoms with Crippen LogP contribution in [0.2, 0.25) is 0 Å². The van der Waals surface area contributed by atoms with Crippen molar-refractivity contribution in [2.75, 3.05) is 5.32 Å². The van der Waals surface area contributed by atoms with Gasteiger partial charge in [0.15, 0.2) is 0 Å². The fraction of sp³-hybridized carbons (Fsp3) is 0.235. The van der Waals surface area contributed by atoms with Gasteiger partial charge in [0.05, 0.1) is 5.56 Å². The standard InChI is InChI=1S/C17H17BrFNO/c1-17(2,3)11-4-7-13(8-5-11)20-16(21)14-10-12(19)6-9-15(14)18/h4-10H,1-3H3,(H,20,21). The third-order valence-electron chi connectivity index (χ3n) is 3.18. The molecule has 0 heterocycles. The second kappa shape index (κ2) is 5.98. The summed E-state index contributed by atoms with van der Waals surface area (Å²) in [6.07, 6.45) is 0. The van der Waals surface area contributed by atoms with E-state index < -0.39 is 5.82 Å². The van der Waals surface area contributed by atoms with Crippen LogP contribution in [-0.4, -0.2) is 5.91 Å². The SMILES string of the molecule is CC(C)(C)c1ccc(NC(=O)c2cc(F)ccc2Br)cc1. The molecule has 0 bridgehead atoms. The number of halogens is 2. The summed E-state index contributed by atoms with van der Waals surface area (Å²) in [6.45, 7) is 6.39. The lowest BCUT2D eigenvalue weighted by molar-refractivity contribution is 0.102. The number of rotatable bonds is 2. The second-order valence-corrected chi connectivity index (χ2v) is 6.76. The van der Waals surface area contributed by atoms with Crippen molar-refractivity contribution >= 4 is 27.5 Å². The van der Waals surface area contributed by atoms with Gasteiger partial charge in [0, 0.05) is 10.2 Å². The van der Waals surface area contributed by atoms with Gasteiger partial charge in [-0.3, -0.25) is 4.79 Å². The highest BCUT2D eigenvalue weighted by Crippen LogP contribution is 2.24. The van der Waals surface area contributed by atoms with E-state index in [0.29, 0.717) is 10.2 Å². The van der Waals surface area contributed by atoms with E-state index in [-0.39, 0.29) is 16.9 Å². The van der Waals surface area contributed by atoms with Crippen molar-refractivity contribution in [1.82, 2.24) is 0 Å². The molecule has 0 unspecified atom stereocenters. The summed E-state index contributed by atoms with van der Waals surface area (Å²) < 4.78 is 13.8. The minimum atomic E-state index is -0.438. The normalized spacial score (nSPS) is 11.3. The number of carbonyl (C=O) groups is 1. The Bertz CT molecular complexity index is 659. The maximum Gasteiger partial charge on any atom is 0.256 e. The van der Waals surface area contributed by atoms with Gasteiger partial charge in [-0.1, -0.05) is 32.9 Å². The van der Waals surface area contributed by atoms with E-state index in [4.69, 9.17) is 0 Å². The molecule has 2 nitrogen and oxygen atoms in total. The molecule has 1 N–H and O–H groups in total. The van der Waals surface area contributed by atoms with Crippen LogP contribution in [0.1, 0.15) is 36.7 Å². The summed E-state index contributed by atoms with van der Waals surface area (Å²) in [5, 5.41) is 2.77. The lowest BCUT2D eigenvalue weighted by atomic mass is 9.87. The Hall–Kier alpha value is -1.68. The molecule has 0 atom stereocenters. The summed E-state index contributed by atoms with van der Waals surface area (Å²) in [6, 6.07) is 11.7. The number of hydrogen-bond donors (Lipinski definition) is 1. The average molecular weight is 350 g/mol. The molecule has 2 aromatic carbocycles. The van der Waals surface area contributed by atoms with Crippen LogP contribution in [0.15, 0.2) is 46.9 Å². The lowest BCUT2D eigenvalue weighted by Gasteiger charge is -2.19. The highest BCUT2D eigenvalue weighted by atomic mass is 79.9. The average Bonchev–Trinajstić information content (AvgIpc) is 2.41. The topological polar surface area (TPSA) is 29.1 Å². The van der Waals surface area contributed by atoms with Gasteiger partial charge in [-0.05, 0) is 57.2 Å². The Labute approximate surface area is 132 Å². The predicted molar refractivity (Wildman–Crippen MR) is 87.2 cm³/mol. The first-order chi connectivity index (χ1) is 9.77. The van der Waals surface area contributed by atoms with Gasteiger partial charge in [-0.15, -0.1) is 0 Å². The Kier molecular flexibility index (Phi) is 4.47. The van der Waals surface area contributed by atoms with Crippen molar-refractivity contribution in [3.05, 3.63) is 63.9 Å². The van der Waals surface area contributed by atoms with Gasteiger partial charge in [-0.25, -0.2) is 4.39 Å². The van der Waals surface area contributed by atoms with E-state index in [1.165, 1.54) is 23.8 Å². The first-order valence-corrected chi connectivity index (χ1v) is 7.43. The van der Waals surface area contributed by atoms with E-state index in [1.54, 1.807) is 0 Å². The summed E-state index contributed by atoms with van der Waals surface area (Å²) in [5.41, 5.74) is 2.21. The first-order valence-electron chi connectivity index (χ1n) is 6.64. The highest BCUT2D eigenvalue weighted by Gasteiger charge is 2.14. The molecule has 0 fully saturated rings. The summed E-state index contributed by atoms with van der Waals surface area (Å²) in [5.74, 6) is -0.781. The maximum atomic E-state index is 13.2. The minimum Gasteiger partial charge on any atom is -0.322 e. The Morgan fingerprint density at radius 3 is 2.29 bits per heavy atom. The molecule has 110 valence electrons. The molecule has 2 rings (SSSR count). The van der Waals surface area contributed by atoms with Gasteiger partial charge in [-0.2, -0.15) is 0 Å². The van der Waals surface area contributed by atoms with Crippen LogP contribution in [0.3, 0.4) is 0 Å². The number of nitrogens with one attached hydrogen (secondary N) is 1. The van der Waals surface area contributed by atoms with E-state index in [1.807, 2.05) is 24.3 Å². The van der Waals surface area contributed by atoms with Crippen molar-refractivity contribution in [1.29, 1.82) is 0 Å². The minimum absolute atomic E-state index is 0.0636. The van der Waals surface area contributed by atoms with Crippen LogP contribution >= 0.6 is 15.9 Å². The first kappa shape index (κ1) is 15.7. The largest absolute Gasteiger partial charge is 0.322 e. The molecule has 0 saturated heterocycles. The van der Waals surface area contributed by atoms with Gasteiger partial charge < -0.3 is 5.32 Å². The molecular formula is C17H17BrFNO. The molecule has 0 radical (unpaired) electrons. The molecule has 21 heavy (non-hydrogen) atoms. The van der Waals surface area contributed by atoms with Crippen molar-refractivity contribution in [3.63, 3.8) is 0 Å². The maximum absolute atomic E-state index is 13.2. The molecule has 0 aliphatic carbocycles. The van der Waals surface area contributed by atoms with E-state index in [2.05, 4.69) is 42.0 Å². The van der Waals surface area contributed by atoms with Gasteiger partial charge in [0.2, 0.25) is 0 Å². The van der Waals surface area contributed by atoms with Gasteiger partial charge >= 0.3 is 0 Å². The number of hydrogen-bond acceptors (Lipinski definition) is 1. The molecule has 0 aliphatic rings. The van der Waals surface area contributed by atoms with Crippen LogP contribution in [-0.2, 0) is 5.41 Å². The summed E-state index contributed by atoms with van der Waals surface area (Å²) in [4.78, 5) is 12.2. The van der Waals surface area contributed by atoms with Crippen LogP contribution in [0.25, 0.3) is 0 Å². The van der Waals surface area contributed by atoms with E-state index >= 15 is 0 Å². The number of amides is 1. The molecule has 0 spiro atoms. The Balaban J connectivity index is 2.18. The fourth-order valence-corrected chi connectivity index (χ4v) is 2.35. The zero-order valence-electron chi connectivity index (χ0n) is 12.2. The molecule has 0 aliphatic heterocycles. The third kappa shape index (κ3) is 3.91. The predicted octanol–water partition coefficient (Wildman–Crippen LogP) is 5.14. The Morgan fingerprint density at radius 1 is 1.10 bits per heavy atom. The van der Waals surface area contributed by atoms with Crippen LogP contribution < -0.4 is 5.32 Å². The highest BCUT2D eigenvalue weighted by molar-refractivity contribution is 9.10. The summed E-state index contributed by atoms with van der Waals surface area (Å²) >= 11 is 3.25. The van der Waals surface area contributed by atoms with E-state index in [0.717, 1.165) is 0 Å². The molecular weight excluding hydrogens is 333 g/mol. The third-order valence-corrected chi connectivity index (χ3v) is 3.87. The van der Waals surface area contributed by atoms with Gasteiger partial charge in [0.25, 0.3) is 5.91 Å². The number of benzene rings is 2. The number of carbonyl (C=O) groups excluding carboxylic acids is 1. The van der Waals surface area contributed by atoms with Crippen molar-refractivity contribution in [2.24, 2.45) is 0 Å². The van der Waals surface area contributed by atoms with Gasteiger partial charge in [0.1, 0.15) is 5.82 Å². The van der Waals surface area contributed by atoms with Crippen LogP contribution in [0, 0.1) is 5.82 Å². The van der Waals surface area contributed by atoms with Crippen molar-refractivity contribution in [2.45, 2.75) is 26.2 Å². The Morgan fingerprint density at radius 2 is 1.71 bits per heavy atom. The molecule has 0 saturated carbocycles. The van der Waals surface area contributed by atoms with Crippen molar-refractivity contribution in [3.8, 4) is 0 Å². The molecule has 0 aromatic heterocycles. The second-order valence-electron chi connectivity index (χ2n) is 5.91. The van der Waals surface area contributed by atoms with Crippen molar-refractivity contribution < 1.29 is 9.18 Å². The number of anilines is 1. The zero-order valence-corrected chi connectivity index (χ0v) is 13.8. The quantitative estimate of drug-likeness (QED) is 0.799. The molecule has 4 heteroatoms. The van der Waals surface area contributed by atoms with Crippen LogP contribution in [0.5, 0.6) is 0 Å². The molecule has 1 amide bonds. The van der Waals surface area contributed by atoms with Crippen LogP contribution in [0.4, 0.5) is 10.1 Å². The summed E-state index contributed by atoms with van der Waals surface area (Å²) in [7, 11) is 0.